The Balaban J connectivity index is 2.92. The minimum absolute atomic E-state index is 0.189. The van der Waals surface area contributed by atoms with Crippen LogP contribution in [0.2, 0.25) is 0 Å². The van der Waals surface area contributed by atoms with Crippen molar-refractivity contribution in [3.63, 3.8) is 0 Å². The first kappa shape index (κ1) is 11.5. The largest absolute Gasteiger partial charge is 0.405 e. The lowest BCUT2D eigenvalue weighted by atomic mass is 10.3. The predicted octanol–water partition coefficient (Wildman–Crippen LogP) is 1.37. The van der Waals surface area contributed by atoms with Crippen molar-refractivity contribution in [3.05, 3.63) is 11.9 Å². The average Bonchev–Trinajstić information content (AvgIpc) is 2.06. The second-order valence-corrected chi connectivity index (χ2v) is 3.18. The van der Waals surface area contributed by atoms with Crippen LogP contribution in [-0.4, -0.2) is 29.7 Å². The zero-order valence-electron chi connectivity index (χ0n) is 8.34. The third-order valence-electron chi connectivity index (χ3n) is 1.87. The van der Waals surface area contributed by atoms with Gasteiger partial charge in [-0.25, -0.2) is 9.97 Å². The second-order valence-electron chi connectivity index (χ2n) is 3.18. The lowest BCUT2D eigenvalue weighted by molar-refractivity contribution is -0.119. The Labute approximate surface area is 84.9 Å². The first-order chi connectivity index (χ1) is 6.81. The number of hydrogen-bond acceptors (Lipinski definition) is 4. The van der Waals surface area contributed by atoms with E-state index in [9.17, 15) is 13.2 Å². The highest BCUT2D eigenvalue weighted by Gasteiger charge is 2.30. The maximum absolute atomic E-state index is 12.1. The van der Waals surface area contributed by atoms with Gasteiger partial charge in [-0.3, -0.25) is 0 Å². The number of aromatic nitrogens is 2. The van der Waals surface area contributed by atoms with Gasteiger partial charge in [-0.15, -0.1) is 0 Å². The number of nitrogen functional groups attached to an aromatic ring is 1. The van der Waals surface area contributed by atoms with Crippen molar-refractivity contribution in [1.29, 1.82) is 0 Å². The molecule has 0 unspecified atom stereocenters. The molecular formula is C8H11F3N4. The van der Waals surface area contributed by atoms with Crippen LogP contribution in [0, 0.1) is 6.92 Å². The maximum atomic E-state index is 12.1. The molecule has 0 fully saturated rings. The normalized spacial score (nSPS) is 11.5. The Kier molecular flexibility index (Phi) is 3.01. The Hall–Kier alpha value is -1.53. The van der Waals surface area contributed by atoms with Crippen molar-refractivity contribution in [1.82, 2.24) is 9.97 Å². The van der Waals surface area contributed by atoms with Gasteiger partial charge in [-0.1, -0.05) is 0 Å². The van der Waals surface area contributed by atoms with E-state index in [-0.39, 0.29) is 11.6 Å². The van der Waals surface area contributed by atoms with Gasteiger partial charge >= 0.3 is 6.18 Å². The van der Waals surface area contributed by atoms with Crippen molar-refractivity contribution in [3.8, 4) is 0 Å². The summed E-state index contributed by atoms with van der Waals surface area (Å²) in [7, 11) is 1.31. The van der Waals surface area contributed by atoms with E-state index in [0.29, 0.717) is 5.56 Å². The summed E-state index contributed by atoms with van der Waals surface area (Å²) in [6, 6.07) is 0. The number of nitrogens with zero attached hydrogens (tertiary/aromatic N) is 3. The Morgan fingerprint density at radius 3 is 2.53 bits per heavy atom. The van der Waals surface area contributed by atoms with Crippen LogP contribution >= 0.6 is 0 Å². The van der Waals surface area contributed by atoms with Crippen LogP contribution in [0.1, 0.15) is 5.56 Å². The third kappa shape index (κ3) is 2.97. The molecule has 1 aromatic rings. The lowest BCUT2D eigenvalue weighted by Crippen LogP contribution is -2.32. The molecule has 0 aromatic carbocycles. The summed E-state index contributed by atoms with van der Waals surface area (Å²) in [6.07, 6.45) is -3.12. The number of nitrogens with two attached hydrogens (primary N) is 1. The monoisotopic (exact) mass is 220 g/mol. The molecule has 0 saturated carbocycles. The molecule has 0 aliphatic carbocycles. The van der Waals surface area contributed by atoms with E-state index in [0.717, 1.165) is 11.2 Å². The SMILES string of the molecule is Cc1c(N)ncnc1N(C)CC(F)(F)F. The van der Waals surface area contributed by atoms with Crippen molar-refractivity contribution in [2.75, 3.05) is 24.2 Å². The molecule has 84 valence electrons. The quantitative estimate of drug-likeness (QED) is 0.817. The van der Waals surface area contributed by atoms with Gasteiger partial charge in [0.25, 0.3) is 0 Å². The lowest BCUT2D eigenvalue weighted by Gasteiger charge is -2.21. The molecule has 0 bridgehead atoms. The zero-order valence-corrected chi connectivity index (χ0v) is 8.34. The van der Waals surface area contributed by atoms with Crippen molar-refractivity contribution >= 4 is 11.6 Å². The molecule has 2 N–H and O–H groups in total. The molecule has 0 saturated heterocycles. The van der Waals surface area contributed by atoms with Crippen LogP contribution in [0.25, 0.3) is 0 Å². The van der Waals surface area contributed by atoms with Gasteiger partial charge in [-0.2, -0.15) is 13.2 Å². The van der Waals surface area contributed by atoms with Crippen molar-refractivity contribution in [2.45, 2.75) is 13.1 Å². The maximum Gasteiger partial charge on any atom is 0.405 e. The fourth-order valence-electron chi connectivity index (χ4n) is 1.18. The van der Waals surface area contributed by atoms with E-state index in [2.05, 4.69) is 9.97 Å². The fraction of sp³-hybridized carbons (Fsp3) is 0.500. The van der Waals surface area contributed by atoms with Gasteiger partial charge in [0.1, 0.15) is 24.5 Å². The fourth-order valence-corrected chi connectivity index (χ4v) is 1.18. The topological polar surface area (TPSA) is 55.0 Å². The van der Waals surface area contributed by atoms with Crippen LogP contribution < -0.4 is 10.6 Å². The van der Waals surface area contributed by atoms with E-state index in [1.807, 2.05) is 0 Å². The van der Waals surface area contributed by atoms with Gasteiger partial charge in [0.15, 0.2) is 0 Å². The zero-order chi connectivity index (χ0) is 11.6. The number of rotatable bonds is 2. The highest BCUT2D eigenvalue weighted by molar-refractivity contribution is 5.55. The Bertz CT molecular complexity index is 350. The molecule has 0 spiro atoms. The molecule has 15 heavy (non-hydrogen) atoms. The Morgan fingerprint density at radius 2 is 2.00 bits per heavy atom. The van der Waals surface area contributed by atoms with Crippen LogP contribution in [0.5, 0.6) is 0 Å². The number of anilines is 2. The molecule has 1 heterocycles. The molecule has 0 aliphatic heterocycles. The van der Waals surface area contributed by atoms with E-state index < -0.39 is 12.7 Å². The third-order valence-corrected chi connectivity index (χ3v) is 1.87. The summed E-state index contributed by atoms with van der Waals surface area (Å²) in [5, 5.41) is 0. The standard InChI is InChI=1S/C8H11F3N4/c1-5-6(12)13-4-14-7(5)15(2)3-8(9,10)11/h4H,3H2,1-2H3,(H2,12,13,14). The van der Waals surface area contributed by atoms with Gasteiger partial charge < -0.3 is 10.6 Å². The molecule has 7 heteroatoms. The number of alkyl halides is 3. The molecular weight excluding hydrogens is 209 g/mol. The summed E-state index contributed by atoms with van der Waals surface area (Å²) in [5.74, 6) is 0.383. The predicted molar refractivity (Wildman–Crippen MR) is 50.5 cm³/mol. The van der Waals surface area contributed by atoms with Gasteiger partial charge in [0, 0.05) is 12.6 Å². The Morgan fingerprint density at radius 1 is 1.40 bits per heavy atom. The molecule has 0 aliphatic rings. The summed E-state index contributed by atoms with van der Waals surface area (Å²) in [4.78, 5) is 8.43. The minimum atomic E-state index is -4.26. The molecule has 0 amide bonds. The second kappa shape index (κ2) is 3.92. The summed E-state index contributed by atoms with van der Waals surface area (Å²) >= 11 is 0. The first-order valence-corrected chi connectivity index (χ1v) is 4.16. The highest BCUT2D eigenvalue weighted by Crippen LogP contribution is 2.23. The van der Waals surface area contributed by atoms with E-state index in [1.54, 1.807) is 6.92 Å². The average molecular weight is 220 g/mol. The molecule has 0 radical (unpaired) electrons. The van der Waals surface area contributed by atoms with Crippen LogP contribution in [0.3, 0.4) is 0 Å². The van der Waals surface area contributed by atoms with Crippen LogP contribution in [-0.2, 0) is 0 Å². The summed E-state index contributed by atoms with van der Waals surface area (Å²) in [5.41, 5.74) is 5.91. The summed E-state index contributed by atoms with van der Waals surface area (Å²) in [6.45, 7) is 0.516. The smallest absolute Gasteiger partial charge is 0.383 e. The van der Waals surface area contributed by atoms with E-state index in [4.69, 9.17) is 5.73 Å². The summed E-state index contributed by atoms with van der Waals surface area (Å²) < 4.78 is 36.3. The van der Waals surface area contributed by atoms with Crippen molar-refractivity contribution in [2.24, 2.45) is 0 Å². The van der Waals surface area contributed by atoms with Crippen LogP contribution in [0.15, 0.2) is 6.33 Å². The number of hydrogen-bond donors (Lipinski definition) is 1. The van der Waals surface area contributed by atoms with E-state index in [1.165, 1.54) is 7.05 Å². The van der Waals surface area contributed by atoms with E-state index >= 15 is 0 Å². The van der Waals surface area contributed by atoms with Crippen LogP contribution in [0.4, 0.5) is 24.8 Å². The molecule has 0 atom stereocenters. The number of halogens is 3. The van der Waals surface area contributed by atoms with Crippen molar-refractivity contribution < 1.29 is 13.2 Å². The van der Waals surface area contributed by atoms with Gasteiger partial charge in [0.05, 0.1) is 0 Å². The van der Waals surface area contributed by atoms with Gasteiger partial charge in [-0.05, 0) is 6.92 Å². The molecule has 1 aromatic heterocycles. The first-order valence-electron chi connectivity index (χ1n) is 4.16. The molecule has 4 nitrogen and oxygen atoms in total. The molecule has 1 rings (SSSR count). The minimum Gasteiger partial charge on any atom is -0.383 e. The van der Waals surface area contributed by atoms with Gasteiger partial charge in [0.2, 0.25) is 0 Å². The highest BCUT2D eigenvalue weighted by atomic mass is 19.4.